The predicted molar refractivity (Wildman–Crippen MR) is 340 cm³/mol. The average molecular weight is 1100 g/mol. The van der Waals surface area contributed by atoms with E-state index in [0.29, 0.717) is 12.8 Å². The zero-order valence-electron chi connectivity index (χ0n) is 52.6. The first-order chi connectivity index (χ1) is 38.3. The highest BCUT2D eigenvalue weighted by Crippen LogP contribution is 2.17. The molecule has 0 aromatic heterocycles. The maximum atomic E-state index is 12.3. The summed E-state index contributed by atoms with van der Waals surface area (Å²) in [7, 11) is 0. The van der Waals surface area contributed by atoms with Crippen molar-refractivity contribution in [3.05, 3.63) is 36.5 Å². The lowest BCUT2D eigenvalue weighted by atomic mass is 10.0. The molecule has 0 aromatic rings. The van der Waals surface area contributed by atoms with E-state index in [9.17, 15) is 30.0 Å². The van der Waals surface area contributed by atoms with Crippen molar-refractivity contribution in [2.45, 2.75) is 386 Å². The van der Waals surface area contributed by atoms with Gasteiger partial charge in [0.25, 0.3) is 0 Å². The highest BCUT2D eigenvalue weighted by atomic mass is 16.3. The van der Waals surface area contributed by atoms with E-state index in [1.54, 1.807) is 12.2 Å². The number of carbonyl (C=O) groups excluding carboxylic acids is 2. The molecule has 6 N–H and O–H groups in total. The van der Waals surface area contributed by atoms with Gasteiger partial charge in [-0.25, -0.2) is 0 Å². The van der Waals surface area contributed by atoms with Gasteiger partial charge in [0, 0.05) is 12.8 Å². The van der Waals surface area contributed by atoms with Crippen LogP contribution in [0.15, 0.2) is 36.5 Å². The Balaban J connectivity index is 0. The standard InChI is InChI=1S/C36H71NO3.C34H65NO3/c1-3-5-7-9-11-13-15-17-18-20-22-24-26-28-30-32-36(40)37-34(33-38)35(39)31-29-27-25-23-21-19-16-14-12-10-8-6-4-2;1-3-5-7-9-11-13-15-17-19-21-23-25-27-29-33(37)32(31-36)35-34(38)30-28-26-24-22-20-18-16-14-12-10-8-6-4-2/h29,31,34-35,38-39H,3-28,30,32-33H2,1-2H3,(H,37,40);19,21,27,29,32-33,36-37H,3-18,20,22-26,28,30-31H2,1-2H3,(H,35,38)/b31-29+;21-19-,29-27+/t34-,35+;32-,33+/m00/s1. The topological polar surface area (TPSA) is 139 Å². The minimum Gasteiger partial charge on any atom is -0.394 e. The third-order valence-corrected chi connectivity index (χ3v) is 15.7. The molecule has 0 aliphatic heterocycles. The molecule has 8 heteroatoms. The molecule has 462 valence electrons. The van der Waals surface area contributed by atoms with E-state index in [2.05, 4.69) is 50.5 Å². The Kier molecular flexibility index (Phi) is 67.6. The van der Waals surface area contributed by atoms with E-state index in [4.69, 9.17) is 0 Å². The predicted octanol–water partition coefficient (Wildman–Crippen LogP) is 19.7. The number of unbranched alkanes of at least 4 members (excludes halogenated alkanes) is 45. The molecule has 78 heavy (non-hydrogen) atoms. The quantitative estimate of drug-likeness (QED) is 0.0265. The smallest absolute Gasteiger partial charge is 0.220 e. The van der Waals surface area contributed by atoms with Crippen molar-refractivity contribution in [2.75, 3.05) is 13.2 Å². The van der Waals surface area contributed by atoms with Gasteiger partial charge in [-0.2, -0.15) is 0 Å². The fourth-order valence-corrected chi connectivity index (χ4v) is 10.3. The van der Waals surface area contributed by atoms with Crippen LogP contribution >= 0.6 is 0 Å². The molecule has 0 radical (unpaired) electrons. The fraction of sp³-hybridized carbons (Fsp3) is 0.886. The van der Waals surface area contributed by atoms with Gasteiger partial charge in [-0.1, -0.05) is 334 Å². The highest BCUT2D eigenvalue weighted by molar-refractivity contribution is 5.76. The summed E-state index contributed by atoms with van der Waals surface area (Å²) < 4.78 is 0. The molecule has 2 amide bonds. The largest absolute Gasteiger partial charge is 0.394 e. The van der Waals surface area contributed by atoms with Crippen LogP contribution in [0, 0.1) is 0 Å². The van der Waals surface area contributed by atoms with Crippen LogP contribution in [0.5, 0.6) is 0 Å². The average Bonchev–Trinajstić information content (AvgIpc) is 3.44. The number of allylic oxidation sites excluding steroid dienone is 4. The van der Waals surface area contributed by atoms with Gasteiger partial charge in [0.1, 0.15) is 0 Å². The Bertz CT molecular complexity index is 1270. The van der Waals surface area contributed by atoms with E-state index in [-0.39, 0.29) is 25.0 Å². The summed E-state index contributed by atoms with van der Waals surface area (Å²) in [5.41, 5.74) is 0. The molecule has 4 atom stereocenters. The van der Waals surface area contributed by atoms with Crippen LogP contribution in [0.25, 0.3) is 0 Å². The molecule has 8 nitrogen and oxygen atoms in total. The summed E-state index contributed by atoms with van der Waals surface area (Å²) in [4.78, 5) is 24.5. The van der Waals surface area contributed by atoms with Crippen molar-refractivity contribution in [3.8, 4) is 0 Å². The third-order valence-electron chi connectivity index (χ3n) is 15.7. The van der Waals surface area contributed by atoms with Gasteiger partial charge in [-0.3, -0.25) is 9.59 Å². The van der Waals surface area contributed by atoms with E-state index in [1.165, 1.54) is 263 Å². The summed E-state index contributed by atoms with van der Waals surface area (Å²) >= 11 is 0. The first-order valence-electron chi connectivity index (χ1n) is 34.5. The zero-order valence-corrected chi connectivity index (χ0v) is 52.6. The van der Waals surface area contributed by atoms with Gasteiger partial charge >= 0.3 is 0 Å². The summed E-state index contributed by atoms with van der Waals surface area (Å²) in [6.45, 7) is 8.56. The molecule has 0 aliphatic rings. The molecule has 0 fully saturated rings. The van der Waals surface area contributed by atoms with Gasteiger partial charge in [-0.05, 0) is 51.4 Å². The Labute approximate surface area is 485 Å². The lowest BCUT2D eigenvalue weighted by Gasteiger charge is -2.20. The molecule has 0 aliphatic carbocycles. The zero-order chi connectivity index (χ0) is 57.3. The Morgan fingerprint density at radius 1 is 0.295 bits per heavy atom. The monoisotopic (exact) mass is 1100 g/mol. The summed E-state index contributed by atoms with van der Waals surface area (Å²) in [6.07, 6.45) is 75.4. The first kappa shape index (κ1) is 78.1. The van der Waals surface area contributed by atoms with Crippen LogP contribution in [-0.4, -0.2) is 69.7 Å². The molecule has 0 spiro atoms. The SMILES string of the molecule is CCCCCCCCC/C=C\CC/C=C/[C@@H](O)[C@H](CO)NC(=O)CCCCCCCCCCCCCCC.CCCCCCCCCCCCC/C=C/[C@@H](O)[C@H](CO)NC(=O)CCCCCCCCCCCCCCCCC. The number of carbonyl (C=O) groups is 2. The van der Waals surface area contributed by atoms with Crippen LogP contribution in [0.1, 0.15) is 362 Å². The van der Waals surface area contributed by atoms with Gasteiger partial charge in [0.15, 0.2) is 0 Å². The van der Waals surface area contributed by atoms with Crippen molar-refractivity contribution in [3.63, 3.8) is 0 Å². The van der Waals surface area contributed by atoms with Gasteiger partial charge in [-0.15, -0.1) is 0 Å². The van der Waals surface area contributed by atoms with Gasteiger partial charge in [0.05, 0.1) is 37.5 Å². The Morgan fingerprint density at radius 2 is 0.500 bits per heavy atom. The number of nitrogens with one attached hydrogen (secondary N) is 2. The van der Waals surface area contributed by atoms with Crippen molar-refractivity contribution >= 4 is 11.8 Å². The summed E-state index contributed by atoms with van der Waals surface area (Å²) in [5, 5.41) is 45.6. The molecule has 0 saturated carbocycles. The van der Waals surface area contributed by atoms with Crippen LogP contribution in [-0.2, 0) is 9.59 Å². The molecule has 0 aromatic carbocycles. The van der Waals surface area contributed by atoms with Crippen LogP contribution in [0.3, 0.4) is 0 Å². The van der Waals surface area contributed by atoms with Crippen LogP contribution < -0.4 is 10.6 Å². The number of aliphatic hydroxyl groups excluding tert-OH is 4. The Hall–Kier alpha value is -2.00. The van der Waals surface area contributed by atoms with E-state index in [0.717, 1.165) is 57.8 Å². The molecule has 0 unspecified atom stereocenters. The fourth-order valence-electron chi connectivity index (χ4n) is 10.3. The molecule has 0 heterocycles. The van der Waals surface area contributed by atoms with E-state index >= 15 is 0 Å². The minimum absolute atomic E-state index is 0.0634. The normalized spacial score (nSPS) is 13.3. The third kappa shape index (κ3) is 61.6. The number of amides is 2. The van der Waals surface area contributed by atoms with E-state index in [1.807, 2.05) is 12.2 Å². The molecular weight excluding hydrogens is 965 g/mol. The van der Waals surface area contributed by atoms with Crippen molar-refractivity contribution in [2.24, 2.45) is 0 Å². The van der Waals surface area contributed by atoms with Gasteiger partial charge < -0.3 is 31.1 Å². The van der Waals surface area contributed by atoms with E-state index < -0.39 is 24.3 Å². The maximum Gasteiger partial charge on any atom is 0.220 e. The van der Waals surface area contributed by atoms with Crippen molar-refractivity contribution in [1.29, 1.82) is 0 Å². The lowest BCUT2D eigenvalue weighted by Crippen LogP contribution is -2.45. The molecule has 0 saturated heterocycles. The number of rotatable bonds is 61. The van der Waals surface area contributed by atoms with Crippen LogP contribution in [0.4, 0.5) is 0 Å². The Morgan fingerprint density at radius 3 is 0.769 bits per heavy atom. The summed E-state index contributed by atoms with van der Waals surface area (Å²) in [6, 6.07) is -1.24. The number of hydrogen-bond donors (Lipinski definition) is 6. The molecule has 0 bridgehead atoms. The van der Waals surface area contributed by atoms with Crippen LogP contribution in [0.2, 0.25) is 0 Å². The molecular formula is C70H136N2O6. The second-order valence-corrected chi connectivity index (χ2v) is 23.5. The molecule has 0 rings (SSSR count). The lowest BCUT2D eigenvalue weighted by molar-refractivity contribution is -0.123. The van der Waals surface area contributed by atoms with Crippen molar-refractivity contribution in [1.82, 2.24) is 10.6 Å². The summed E-state index contributed by atoms with van der Waals surface area (Å²) in [5.74, 6) is -0.139. The minimum atomic E-state index is -0.854. The second kappa shape index (κ2) is 67.5. The van der Waals surface area contributed by atoms with Crippen molar-refractivity contribution < 1.29 is 30.0 Å². The maximum absolute atomic E-state index is 12.3. The number of aliphatic hydroxyl groups is 4. The van der Waals surface area contributed by atoms with Gasteiger partial charge in [0.2, 0.25) is 11.8 Å². The second-order valence-electron chi connectivity index (χ2n) is 23.5. The highest BCUT2D eigenvalue weighted by Gasteiger charge is 2.19. The number of hydrogen-bond acceptors (Lipinski definition) is 6. The first-order valence-corrected chi connectivity index (χ1v) is 34.5.